The maximum absolute atomic E-state index is 6.18. The first kappa shape index (κ1) is 12.4. The van der Waals surface area contributed by atoms with E-state index in [0.29, 0.717) is 17.9 Å². The van der Waals surface area contributed by atoms with E-state index in [1.54, 1.807) is 0 Å². The lowest BCUT2D eigenvalue weighted by Gasteiger charge is -2.06. The summed E-state index contributed by atoms with van der Waals surface area (Å²) in [5.74, 6) is 1.14. The zero-order valence-electron chi connectivity index (χ0n) is 12.3. The molecule has 3 aromatic rings. The van der Waals surface area contributed by atoms with Crippen molar-refractivity contribution in [1.29, 1.82) is 0 Å². The summed E-state index contributed by atoms with van der Waals surface area (Å²) in [5, 5.41) is 4.56. The number of nitrogens with zero attached hydrogens (tertiary/aromatic N) is 4. The smallest absolute Gasteiger partial charge is 0.202 e. The molecule has 108 valence electrons. The molecule has 1 aliphatic rings. The van der Waals surface area contributed by atoms with Crippen molar-refractivity contribution in [3.05, 3.63) is 41.6 Å². The van der Waals surface area contributed by atoms with Gasteiger partial charge >= 0.3 is 0 Å². The largest absolute Gasteiger partial charge is 0.369 e. The highest BCUT2D eigenvalue weighted by Gasteiger charge is 2.42. The minimum atomic E-state index is 0.400. The van der Waals surface area contributed by atoms with E-state index in [4.69, 9.17) is 5.73 Å². The zero-order valence-corrected chi connectivity index (χ0v) is 12.3. The topological polar surface area (TPSA) is 61.7 Å². The van der Waals surface area contributed by atoms with E-state index in [1.165, 1.54) is 5.56 Å². The molecule has 4 rings (SSSR count). The number of rotatable bonds is 3. The van der Waals surface area contributed by atoms with Gasteiger partial charge in [-0.3, -0.25) is 9.25 Å². The Bertz CT molecular complexity index is 799. The Morgan fingerprint density at radius 3 is 2.76 bits per heavy atom. The van der Waals surface area contributed by atoms with Crippen LogP contribution in [-0.2, 0) is 13.5 Å². The van der Waals surface area contributed by atoms with Crippen LogP contribution in [-0.4, -0.2) is 19.3 Å². The van der Waals surface area contributed by atoms with Gasteiger partial charge < -0.3 is 5.73 Å². The van der Waals surface area contributed by atoms with Crippen molar-refractivity contribution in [2.24, 2.45) is 7.05 Å². The van der Waals surface area contributed by atoms with Gasteiger partial charge in [-0.25, -0.2) is 4.98 Å². The minimum absolute atomic E-state index is 0.400. The van der Waals surface area contributed by atoms with Crippen LogP contribution < -0.4 is 5.73 Å². The van der Waals surface area contributed by atoms with Crippen molar-refractivity contribution in [3.63, 3.8) is 0 Å². The first-order chi connectivity index (χ1) is 10.2. The first-order valence-electron chi connectivity index (χ1n) is 7.45. The summed E-state index contributed by atoms with van der Waals surface area (Å²) in [6.45, 7) is 2.10. The van der Waals surface area contributed by atoms with Crippen LogP contribution in [0.15, 0.2) is 30.3 Å². The van der Waals surface area contributed by atoms with Crippen LogP contribution in [0.3, 0.4) is 0 Å². The number of aromatic nitrogens is 4. The molecule has 1 fully saturated rings. The van der Waals surface area contributed by atoms with Gasteiger partial charge in [0, 0.05) is 19.0 Å². The Kier molecular flexibility index (Phi) is 2.58. The van der Waals surface area contributed by atoms with Gasteiger partial charge in [0.15, 0.2) is 5.65 Å². The maximum Gasteiger partial charge on any atom is 0.202 e. The Labute approximate surface area is 123 Å². The van der Waals surface area contributed by atoms with Crippen LogP contribution in [0.5, 0.6) is 0 Å². The Balaban J connectivity index is 1.78. The lowest BCUT2D eigenvalue weighted by molar-refractivity contribution is 0.687. The maximum atomic E-state index is 6.18. The molecule has 0 bridgehead atoms. The Hall–Kier alpha value is -2.30. The predicted octanol–water partition coefficient (Wildman–Crippen LogP) is 2.64. The molecule has 0 aliphatic heterocycles. The second-order valence-electron chi connectivity index (χ2n) is 5.76. The van der Waals surface area contributed by atoms with E-state index in [1.807, 2.05) is 11.7 Å². The number of benzene rings is 1. The fourth-order valence-corrected chi connectivity index (χ4v) is 3.31. The van der Waals surface area contributed by atoms with Crippen LogP contribution >= 0.6 is 0 Å². The number of nitrogen functional groups attached to an aromatic ring is 1. The molecule has 0 spiro atoms. The molecule has 0 radical (unpaired) electrons. The molecule has 1 saturated carbocycles. The predicted molar refractivity (Wildman–Crippen MR) is 83.1 cm³/mol. The van der Waals surface area contributed by atoms with Gasteiger partial charge in [0.1, 0.15) is 5.52 Å². The number of fused-ring (bicyclic) bond motifs is 1. The molecule has 2 heterocycles. The number of nitrogens with two attached hydrogens (primary N) is 1. The van der Waals surface area contributed by atoms with E-state index < -0.39 is 0 Å². The van der Waals surface area contributed by atoms with Crippen LogP contribution in [0.25, 0.3) is 11.2 Å². The molecule has 1 aromatic carbocycles. The second kappa shape index (κ2) is 4.35. The Morgan fingerprint density at radius 1 is 1.29 bits per heavy atom. The van der Waals surface area contributed by atoms with Gasteiger partial charge in [0.05, 0.1) is 5.69 Å². The SMILES string of the molecule is CCc1nn(C)c2c1nc(N)n2C1CC1c1ccccc1. The highest BCUT2D eigenvalue weighted by atomic mass is 15.4. The Morgan fingerprint density at radius 2 is 2.05 bits per heavy atom. The van der Waals surface area contributed by atoms with E-state index in [2.05, 4.69) is 51.9 Å². The van der Waals surface area contributed by atoms with E-state index in [9.17, 15) is 0 Å². The van der Waals surface area contributed by atoms with Crippen molar-refractivity contribution in [1.82, 2.24) is 19.3 Å². The number of hydrogen-bond donors (Lipinski definition) is 1. The summed E-state index contributed by atoms with van der Waals surface area (Å²) in [4.78, 5) is 4.55. The van der Waals surface area contributed by atoms with Gasteiger partial charge in [-0.15, -0.1) is 0 Å². The van der Waals surface area contributed by atoms with Crippen LogP contribution in [0, 0.1) is 0 Å². The first-order valence-corrected chi connectivity index (χ1v) is 7.45. The van der Waals surface area contributed by atoms with Crippen LogP contribution in [0.1, 0.15) is 36.6 Å². The highest BCUT2D eigenvalue weighted by Crippen LogP contribution is 2.53. The molecule has 2 N–H and O–H groups in total. The van der Waals surface area contributed by atoms with Gasteiger partial charge in [-0.05, 0) is 18.4 Å². The molecular formula is C16H19N5. The third-order valence-corrected chi connectivity index (χ3v) is 4.41. The molecule has 0 amide bonds. The molecular weight excluding hydrogens is 262 g/mol. The summed E-state index contributed by atoms with van der Waals surface area (Å²) in [6.07, 6.45) is 1.99. The summed E-state index contributed by atoms with van der Waals surface area (Å²) in [7, 11) is 1.97. The molecule has 2 atom stereocenters. The monoisotopic (exact) mass is 281 g/mol. The standard InChI is InChI=1S/C16H19N5/c1-3-12-14-15(20(2)19-12)21(16(17)18-14)13-9-11(13)10-7-5-4-6-8-10/h4-8,11,13H,3,9H2,1-2H3,(H2,17,18). The zero-order chi connectivity index (χ0) is 14.6. The summed E-state index contributed by atoms with van der Waals surface area (Å²) < 4.78 is 4.08. The molecule has 0 saturated heterocycles. The average molecular weight is 281 g/mol. The summed E-state index contributed by atoms with van der Waals surface area (Å²) in [6, 6.07) is 11.0. The molecule has 21 heavy (non-hydrogen) atoms. The van der Waals surface area contributed by atoms with Gasteiger partial charge in [0.2, 0.25) is 5.95 Å². The van der Waals surface area contributed by atoms with Crippen molar-refractivity contribution >= 4 is 17.1 Å². The highest BCUT2D eigenvalue weighted by molar-refractivity contribution is 5.78. The number of hydrogen-bond acceptors (Lipinski definition) is 3. The van der Waals surface area contributed by atoms with Crippen molar-refractivity contribution < 1.29 is 0 Å². The van der Waals surface area contributed by atoms with Gasteiger partial charge in [-0.2, -0.15) is 5.10 Å². The van der Waals surface area contributed by atoms with Crippen molar-refractivity contribution in [3.8, 4) is 0 Å². The van der Waals surface area contributed by atoms with E-state index in [-0.39, 0.29) is 0 Å². The average Bonchev–Trinajstić information content (AvgIpc) is 3.13. The molecule has 1 aliphatic carbocycles. The molecule has 5 nitrogen and oxygen atoms in total. The third kappa shape index (κ3) is 1.77. The summed E-state index contributed by atoms with van der Waals surface area (Å²) in [5.41, 5.74) is 10.6. The quantitative estimate of drug-likeness (QED) is 0.802. The van der Waals surface area contributed by atoms with E-state index in [0.717, 1.165) is 29.7 Å². The van der Waals surface area contributed by atoms with Crippen LogP contribution in [0.2, 0.25) is 0 Å². The lowest BCUT2D eigenvalue weighted by atomic mass is 10.1. The lowest BCUT2D eigenvalue weighted by Crippen LogP contribution is -2.06. The minimum Gasteiger partial charge on any atom is -0.369 e. The van der Waals surface area contributed by atoms with Gasteiger partial charge in [-0.1, -0.05) is 37.3 Å². The van der Waals surface area contributed by atoms with Crippen molar-refractivity contribution in [2.45, 2.75) is 31.7 Å². The van der Waals surface area contributed by atoms with Gasteiger partial charge in [0.25, 0.3) is 0 Å². The molecule has 2 aromatic heterocycles. The normalized spacial score (nSPS) is 21.0. The van der Waals surface area contributed by atoms with Crippen molar-refractivity contribution in [2.75, 3.05) is 5.73 Å². The fourth-order valence-electron chi connectivity index (χ4n) is 3.31. The number of anilines is 1. The van der Waals surface area contributed by atoms with Crippen LogP contribution in [0.4, 0.5) is 5.95 Å². The second-order valence-corrected chi connectivity index (χ2v) is 5.76. The molecule has 5 heteroatoms. The van der Waals surface area contributed by atoms with E-state index >= 15 is 0 Å². The molecule has 2 unspecified atom stereocenters. The fraction of sp³-hybridized carbons (Fsp3) is 0.375. The number of aryl methyl sites for hydroxylation is 2. The third-order valence-electron chi connectivity index (χ3n) is 4.41. The number of imidazole rings is 1. The summed E-state index contributed by atoms with van der Waals surface area (Å²) >= 11 is 0.